The number of piperidine rings is 1. The Kier molecular flexibility index (Phi) is 5.78. The number of carbonyl (C=O) groups excluding carboxylic acids is 1. The van der Waals surface area contributed by atoms with Gasteiger partial charge in [0.25, 0.3) is 0 Å². The van der Waals surface area contributed by atoms with Gasteiger partial charge in [-0.25, -0.2) is 17.2 Å². The molecule has 9 heteroatoms. The number of rotatable bonds is 4. The van der Waals surface area contributed by atoms with Crippen molar-refractivity contribution in [2.45, 2.75) is 30.2 Å². The molecule has 0 radical (unpaired) electrons. The van der Waals surface area contributed by atoms with Crippen LogP contribution in [0.3, 0.4) is 0 Å². The molecule has 1 saturated heterocycles. The minimum atomic E-state index is -3.90. The predicted molar refractivity (Wildman–Crippen MR) is 98.0 cm³/mol. The van der Waals surface area contributed by atoms with Gasteiger partial charge in [-0.1, -0.05) is 18.0 Å². The van der Waals surface area contributed by atoms with Crippen LogP contribution in [0.15, 0.2) is 47.4 Å². The third-order valence-corrected chi connectivity index (χ3v) is 6.54. The third-order valence-electron chi connectivity index (χ3n) is 4.36. The summed E-state index contributed by atoms with van der Waals surface area (Å²) in [6.07, 6.45) is 1.65. The van der Waals surface area contributed by atoms with Gasteiger partial charge in [-0.3, -0.25) is 4.79 Å². The first-order chi connectivity index (χ1) is 12.8. The molecule has 2 aromatic carbocycles. The summed E-state index contributed by atoms with van der Waals surface area (Å²) in [6.45, 7) is 0.195. The molecule has 1 atom stereocenters. The highest BCUT2D eigenvalue weighted by atomic mass is 35.5. The van der Waals surface area contributed by atoms with E-state index in [1.54, 1.807) is 0 Å². The van der Waals surface area contributed by atoms with E-state index in [9.17, 15) is 22.0 Å². The molecule has 0 unspecified atom stereocenters. The molecule has 144 valence electrons. The average molecular weight is 415 g/mol. The molecule has 0 spiro atoms. The van der Waals surface area contributed by atoms with Crippen molar-refractivity contribution in [3.8, 4) is 0 Å². The lowest BCUT2D eigenvalue weighted by atomic mass is 10.0. The number of nitrogens with zero attached hydrogens (tertiary/aromatic N) is 1. The van der Waals surface area contributed by atoms with Crippen LogP contribution in [-0.4, -0.2) is 31.2 Å². The molecule has 0 saturated carbocycles. The predicted octanol–water partition coefficient (Wildman–Crippen LogP) is 3.80. The van der Waals surface area contributed by atoms with E-state index >= 15 is 0 Å². The molecule has 1 aliphatic heterocycles. The second-order valence-corrected chi connectivity index (χ2v) is 8.53. The minimum absolute atomic E-state index is 0.0411. The lowest BCUT2D eigenvalue weighted by Gasteiger charge is -2.33. The summed E-state index contributed by atoms with van der Waals surface area (Å²) in [4.78, 5) is 12.7. The fourth-order valence-corrected chi connectivity index (χ4v) is 4.78. The number of amides is 1. The maximum Gasteiger partial charge on any atom is 0.243 e. The highest BCUT2D eigenvalue weighted by Gasteiger charge is 2.37. The number of nitrogens with one attached hydrogen (secondary N) is 1. The smallest absolute Gasteiger partial charge is 0.243 e. The van der Waals surface area contributed by atoms with Crippen LogP contribution in [0.2, 0.25) is 5.02 Å². The normalized spacial score (nSPS) is 18.3. The van der Waals surface area contributed by atoms with Crippen molar-refractivity contribution < 1.29 is 22.0 Å². The molecular formula is C18H17ClF2N2O3S. The monoisotopic (exact) mass is 414 g/mol. The molecule has 1 fully saturated rings. The van der Waals surface area contributed by atoms with Crippen LogP contribution >= 0.6 is 11.6 Å². The van der Waals surface area contributed by atoms with Crippen LogP contribution in [0.4, 0.5) is 14.5 Å². The quantitative estimate of drug-likeness (QED) is 0.827. The molecule has 27 heavy (non-hydrogen) atoms. The van der Waals surface area contributed by atoms with Crippen LogP contribution < -0.4 is 5.32 Å². The highest BCUT2D eigenvalue weighted by Crippen LogP contribution is 2.27. The van der Waals surface area contributed by atoms with Gasteiger partial charge in [0.05, 0.1) is 4.90 Å². The van der Waals surface area contributed by atoms with Crippen LogP contribution in [-0.2, 0) is 14.8 Å². The molecule has 1 N–H and O–H groups in total. The Bertz CT molecular complexity index is 952. The fraction of sp³-hybridized carbons (Fsp3) is 0.278. The van der Waals surface area contributed by atoms with Crippen molar-refractivity contribution in [3.05, 3.63) is 59.1 Å². The highest BCUT2D eigenvalue weighted by molar-refractivity contribution is 7.89. The SMILES string of the molecule is O=C(Nc1ccc(F)c(F)c1)[C@H]1CCCCN1S(=O)(=O)c1ccc(Cl)cc1. The number of anilines is 1. The zero-order valence-electron chi connectivity index (χ0n) is 14.2. The first-order valence-corrected chi connectivity index (χ1v) is 10.1. The van der Waals surface area contributed by atoms with Gasteiger partial charge in [0.1, 0.15) is 6.04 Å². The van der Waals surface area contributed by atoms with Gasteiger partial charge in [0.2, 0.25) is 15.9 Å². The lowest BCUT2D eigenvalue weighted by Crippen LogP contribution is -2.49. The van der Waals surface area contributed by atoms with Gasteiger partial charge in [0.15, 0.2) is 11.6 Å². The molecule has 0 aliphatic carbocycles. The van der Waals surface area contributed by atoms with Gasteiger partial charge in [-0.2, -0.15) is 4.31 Å². The fourth-order valence-electron chi connectivity index (χ4n) is 3.00. The maximum atomic E-state index is 13.3. The summed E-state index contributed by atoms with van der Waals surface area (Å²) in [6, 6.07) is 7.74. The van der Waals surface area contributed by atoms with Gasteiger partial charge < -0.3 is 5.32 Å². The Morgan fingerprint density at radius 2 is 1.78 bits per heavy atom. The molecule has 0 bridgehead atoms. The summed E-state index contributed by atoms with van der Waals surface area (Å²) in [7, 11) is -3.90. The Morgan fingerprint density at radius 1 is 1.07 bits per heavy atom. The Balaban J connectivity index is 1.85. The van der Waals surface area contributed by atoms with E-state index in [1.165, 1.54) is 30.3 Å². The third kappa shape index (κ3) is 4.28. The Morgan fingerprint density at radius 3 is 2.44 bits per heavy atom. The maximum absolute atomic E-state index is 13.3. The van der Waals surface area contributed by atoms with Crippen LogP contribution in [0.25, 0.3) is 0 Å². The van der Waals surface area contributed by atoms with Gasteiger partial charge in [-0.15, -0.1) is 0 Å². The van der Waals surface area contributed by atoms with Crippen molar-refractivity contribution in [2.24, 2.45) is 0 Å². The van der Waals surface area contributed by atoms with E-state index in [1.807, 2.05) is 0 Å². The minimum Gasteiger partial charge on any atom is -0.325 e. The summed E-state index contributed by atoms with van der Waals surface area (Å²) < 4.78 is 53.5. The summed E-state index contributed by atoms with van der Waals surface area (Å²) in [5.74, 6) is -2.71. The topological polar surface area (TPSA) is 66.5 Å². The second kappa shape index (κ2) is 7.92. The van der Waals surface area contributed by atoms with Crippen LogP contribution in [0, 0.1) is 11.6 Å². The van der Waals surface area contributed by atoms with E-state index in [4.69, 9.17) is 11.6 Å². The summed E-state index contributed by atoms with van der Waals surface area (Å²) >= 11 is 5.81. The number of benzene rings is 2. The van der Waals surface area contributed by atoms with Gasteiger partial charge in [-0.05, 0) is 49.2 Å². The average Bonchev–Trinajstić information content (AvgIpc) is 2.65. The summed E-state index contributed by atoms with van der Waals surface area (Å²) in [5.41, 5.74) is 0.0633. The number of hydrogen-bond donors (Lipinski definition) is 1. The van der Waals surface area contributed by atoms with E-state index in [0.717, 1.165) is 16.4 Å². The first kappa shape index (κ1) is 19.7. The number of sulfonamides is 1. The van der Waals surface area contributed by atoms with Crippen LogP contribution in [0.1, 0.15) is 19.3 Å². The molecule has 1 amide bonds. The molecule has 1 aliphatic rings. The van der Waals surface area contributed by atoms with Crippen LogP contribution in [0.5, 0.6) is 0 Å². The molecular weight excluding hydrogens is 398 g/mol. The summed E-state index contributed by atoms with van der Waals surface area (Å²) in [5, 5.41) is 2.87. The van der Waals surface area contributed by atoms with Crippen molar-refractivity contribution in [1.29, 1.82) is 0 Å². The van der Waals surface area contributed by atoms with Crippen molar-refractivity contribution >= 4 is 33.2 Å². The Labute approximate surface area is 161 Å². The number of hydrogen-bond acceptors (Lipinski definition) is 3. The van der Waals surface area contributed by atoms with E-state index < -0.39 is 33.6 Å². The molecule has 1 heterocycles. The van der Waals surface area contributed by atoms with Gasteiger partial charge >= 0.3 is 0 Å². The zero-order valence-corrected chi connectivity index (χ0v) is 15.7. The van der Waals surface area contributed by atoms with E-state index in [-0.39, 0.29) is 17.1 Å². The number of halogens is 3. The second-order valence-electron chi connectivity index (χ2n) is 6.20. The van der Waals surface area contributed by atoms with Crippen molar-refractivity contribution in [3.63, 3.8) is 0 Å². The van der Waals surface area contributed by atoms with Crippen molar-refractivity contribution in [1.82, 2.24) is 4.31 Å². The van der Waals surface area contributed by atoms with E-state index in [2.05, 4.69) is 5.32 Å². The molecule has 5 nitrogen and oxygen atoms in total. The van der Waals surface area contributed by atoms with Crippen molar-refractivity contribution in [2.75, 3.05) is 11.9 Å². The molecule has 3 rings (SSSR count). The molecule has 0 aromatic heterocycles. The largest absolute Gasteiger partial charge is 0.325 e. The lowest BCUT2D eigenvalue weighted by molar-refractivity contribution is -0.120. The molecule has 2 aromatic rings. The Hall–Kier alpha value is -2.03. The first-order valence-electron chi connectivity index (χ1n) is 8.32. The van der Waals surface area contributed by atoms with E-state index in [0.29, 0.717) is 24.3 Å². The zero-order chi connectivity index (χ0) is 19.6. The van der Waals surface area contributed by atoms with Gasteiger partial charge in [0, 0.05) is 23.3 Å². The number of carbonyl (C=O) groups is 1. The standard InChI is InChI=1S/C18H17ClF2N2O3S/c19-12-4-7-14(8-5-12)27(25,26)23-10-2-1-3-17(23)18(24)22-13-6-9-15(20)16(21)11-13/h4-9,11,17H,1-3,10H2,(H,22,24)/t17-/m1/s1.